The highest BCUT2D eigenvalue weighted by Crippen LogP contribution is 2.31. The summed E-state index contributed by atoms with van der Waals surface area (Å²) in [6.45, 7) is 4.92. The van der Waals surface area contributed by atoms with Crippen LogP contribution in [0.3, 0.4) is 0 Å². The average molecular weight is 458 g/mol. The molecular formula is C24H28ClN3O4. The topological polar surface area (TPSA) is 79.0 Å². The van der Waals surface area contributed by atoms with E-state index in [-0.39, 0.29) is 29.9 Å². The molecule has 0 aliphatic carbocycles. The zero-order chi connectivity index (χ0) is 22.0. The summed E-state index contributed by atoms with van der Waals surface area (Å²) in [5.74, 6) is -0.535. The van der Waals surface area contributed by atoms with Crippen LogP contribution in [0.1, 0.15) is 57.3 Å². The number of amides is 3. The first-order valence-electron chi connectivity index (χ1n) is 10.7. The molecule has 0 spiro atoms. The first-order chi connectivity index (χ1) is 15.0. The molecule has 1 N–H and O–H groups in total. The van der Waals surface area contributed by atoms with Crippen molar-refractivity contribution in [3.63, 3.8) is 0 Å². The number of carbonyl (C=O) groups is 3. The number of piperidine rings is 1. The number of imide groups is 1. The van der Waals surface area contributed by atoms with Crippen LogP contribution in [0.4, 0.5) is 5.69 Å². The summed E-state index contributed by atoms with van der Waals surface area (Å²) < 4.78 is 5.20. The Morgan fingerprint density at radius 2 is 1.75 bits per heavy atom. The van der Waals surface area contributed by atoms with Crippen LogP contribution in [0.15, 0.2) is 42.5 Å². The van der Waals surface area contributed by atoms with Crippen LogP contribution in [0.25, 0.3) is 0 Å². The summed E-state index contributed by atoms with van der Waals surface area (Å²) in [6.07, 6.45) is 3.67. The van der Waals surface area contributed by atoms with Gasteiger partial charge in [-0.05, 0) is 63.2 Å². The number of anilines is 1. The van der Waals surface area contributed by atoms with Crippen molar-refractivity contribution in [2.75, 3.05) is 31.6 Å². The van der Waals surface area contributed by atoms with E-state index in [0.29, 0.717) is 22.6 Å². The number of hydrogen-bond acceptors (Lipinski definition) is 5. The van der Waals surface area contributed by atoms with Crippen molar-refractivity contribution < 1.29 is 19.1 Å². The molecule has 2 aromatic carbocycles. The van der Waals surface area contributed by atoms with E-state index in [4.69, 9.17) is 4.74 Å². The van der Waals surface area contributed by atoms with Crippen LogP contribution in [-0.2, 0) is 0 Å². The predicted molar refractivity (Wildman–Crippen MR) is 125 cm³/mol. The van der Waals surface area contributed by atoms with Crippen molar-refractivity contribution in [2.45, 2.75) is 32.2 Å². The molecule has 2 heterocycles. The first-order valence-corrected chi connectivity index (χ1v) is 10.7. The molecular weight excluding hydrogens is 430 g/mol. The molecule has 0 radical (unpaired) electrons. The van der Waals surface area contributed by atoms with Crippen molar-refractivity contribution in [2.24, 2.45) is 0 Å². The van der Waals surface area contributed by atoms with Crippen LogP contribution < -0.4 is 15.0 Å². The summed E-state index contributed by atoms with van der Waals surface area (Å²) in [5.41, 5.74) is 1.35. The second-order valence-electron chi connectivity index (χ2n) is 8.14. The lowest BCUT2D eigenvalue weighted by molar-refractivity contribution is 0.0917. The van der Waals surface area contributed by atoms with Gasteiger partial charge in [-0.2, -0.15) is 0 Å². The highest BCUT2D eigenvalue weighted by atomic mass is 35.5. The number of nitrogens with zero attached hydrogens (tertiary/aromatic N) is 2. The highest BCUT2D eigenvalue weighted by molar-refractivity contribution is 6.34. The van der Waals surface area contributed by atoms with Gasteiger partial charge < -0.3 is 15.0 Å². The van der Waals surface area contributed by atoms with E-state index in [1.54, 1.807) is 36.4 Å². The zero-order valence-corrected chi connectivity index (χ0v) is 19.1. The zero-order valence-electron chi connectivity index (χ0n) is 18.3. The van der Waals surface area contributed by atoms with Gasteiger partial charge in [-0.25, -0.2) is 4.90 Å². The minimum atomic E-state index is -0.440. The van der Waals surface area contributed by atoms with Crippen LogP contribution in [0, 0.1) is 0 Å². The maximum atomic E-state index is 13.0. The fourth-order valence-corrected chi connectivity index (χ4v) is 4.25. The normalized spacial score (nSPS) is 16.9. The van der Waals surface area contributed by atoms with Crippen LogP contribution in [0.5, 0.6) is 5.75 Å². The summed E-state index contributed by atoms with van der Waals surface area (Å²) in [7, 11) is 1.53. The van der Waals surface area contributed by atoms with Gasteiger partial charge in [0, 0.05) is 24.2 Å². The molecule has 3 amide bonds. The fourth-order valence-electron chi connectivity index (χ4n) is 4.25. The van der Waals surface area contributed by atoms with Crippen molar-refractivity contribution >= 4 is 35.8 Å². The summed E-state index contributed by atoms with van der Waals surface area (Å²) in [5, 5.41) is 3.01. The van der Waals surface area contributed by atoms with E-state index in [9.17, 15) is 14.4 Å². The molecule has 1 saturated heterocycles. The Morgan fingerprint density at radius 1 is 1.03 bits per heavy atom. The van der Waals surface area contributed by atoms with Crippen molar-refractivity contribution in [1.29, 1.82) is 0 Å². The molecule has 2 aliphatic rings. The molecule has 1 atom stereocenters. The second-order valence-corrected chi connectivity index (χ2v) is 8.14. The number of rotatable bonds is 6. The Morgan fingerprint density at radius 3 is 2.47 bits per heavy atom. The highest BCUT2D eigenvalue weighted by Gasteiger charge is 2.37. The largest absolute Gasteiger partial charge is 0.497 e. The maximum absolute atomic E-state index is 13.0. The molecule has 1 fully saturated rings. The third-order valence-corrected chi connectivity index (χ3v) is 5.82. The predicted octanol–water partition coefficient (Wildman–Crippen LogP) is 3.52. The van der Waals surface area contributed by atoms with Gasteiger partial charge in [0.15, 0.2) is 0 Å². The number of carbonyl (C=O) groups excluding carboxylic acids is 3. The van der Waals surface area contributed by atoms with E-state index in [1.165, 1.54) is 32.4 Å². The fraction of sp³-hybridized carbons (Fsp3) is 0.375. The van der Waals surface area contributed by atoms with Crippen molar-refractivity contribution in [3.8, 4) is 5.75 Å². The number of ether oxygens (including phenoxy) is 1. The lowest BCUT2D eigenvalue weighted by Crippen LogP contribution is -2.43. The number of nitrogens with one attached hydrogen (secondary N) is 1. The summed E-state index contributed by atoms with van der Waals surface area (Å²) in [6, 6.07) is 11.4. The van der Waals surface area contributed by atoms with Crippen molar-refractivity contribution in [3.05, 3.63) is 59.2 Å². The number of fused-ring (bicyclic) bond motifs is 1. The van der Waals surface area contributed by atoms with Gasteiger partial charge in [0.2, 0.25) is 0 Å². The Bertz CT molecular complexity index is 1020. The number of benzene rings is 2. The summed E-state index contributed by atoms with van der Waals surface area (Å²) in [4.78, 5) is 42.1. The lowest BCUT2D eigenvalue weighted by Gasteiger charge is -2.29. The Balaban J connectivity index is 0.00000289. The van der Waals surface area contributed by atoms with Gasteiger partial charge in [0.05, 0.1) is 23.9 Å². The Kier molecular flexibility index (Phi) is 7.53. The smallest absolute Gasteiger partial charge is 0.266 e. The molecule has 7 nitrogen and oxygen atoms in total. The molecule has 0 bridgehead atoms. The third-order valence-electron chi connectivity index (χ3n) is 5.82. The molecule has 170 valence electrons. The van der Waals surface area contributed by atoms with Gasteiger partial charge in [0.25, 0.3) is 17.7 Å². The molecule has 8 heteroatoms. The van der Waals surface area contributed by atoms with Crippen LogP contribution in [-0.4, -0.2) is 55.4 Å². The summed E-state index contributed by atoms with van der Waals surface area (Å²) >= 11 is 0. The van der Waals surface area contributed by atoms with E-state index >= 15 is 0 Å². The standard InChI is InChI=1S/C24H27N3O4.ClH/c1-16(15-26-11-4-3-5-12-26)25-22(28)17-9-10-20-21(13-17)24(30)27(23(20)29)18-7-6-8-19(14-18)31-2;/h6-10,13-14,16H,3-5,11-12,15H2,1-2H3,(H,25,28);1H. The minimum Gasteiger partial charge on any atom is -0.497 e. The van der Waals surface area contributed by atoms with E-state index in [0.717, 1.165) is 24.5 Å². The average Bonchev–Trinajstić information content (AvgIpc) is 3.04. The first kappa shape index (κ1) is 23.8. The van der Waals surface area contributed by atoms with Gasteiger partial charge in [-0.3, -0.25) is 14.4 Å². The van der Waals surface area contributed by atoms with Crippen molar-refractivity contribution in [1.82, 2.24) is 10.2 Å². The Hall–Kier alpha value is -2.90. The Labute approximate surface area is 194 Å². The van der Waals surface area contributed by atoms with Gasteiger partial charge >= 0.3 is 0 Å². The van der Waals surface area contributed by atoms with E-state index in [1.807, 2.05) is 6.92 Å². The minimum absolute atomic E-state index is 0. The van der Waals surface area contributed by atoms with Crippen LogP contribution in [0.2, 0.25) is 0 Å². The SMILES string of the molecule is COc1cccc(N2C(=O)c3ccc(C(=O)NC(C)CN4CCCCC4)cc3C2=O)c1.Cl. The maximum Gasteiger partial charge on any atom is 0.266 e. The monoisotopic (exact) mass is 457 g/mol. The molecule has 4 rings (SSSR count). The molecule has 32 heavy (non-hydrogen) atoms. The number of halogens is 1. The number of likely N-dealkylation sites (tertiary alicyclic amines) is 1. The molecule has 1 unspecified atom stereocenters. The second kappa shape index (κ2) is 10.1. The lowest BCUT2D eigenvalue weighted by atomic mass is 10.0. The third kappa shape index (κ3) is 4.79. The molecule has 0 aromatic heterocycles. The van der Waals surface area contributed by atoms with E-state index < -0.39 is 11.8 Å². The molecule has 0 saturated carbocycles. The number of methoxy groups -OCH3 is 1. The number of hydrogen-bond donors (Lipinski definition) is 1. The van der Waals surface area contributed by atoms with Gasteiger partial charge in [-0.15, -0.1) is 12.4 Å². The van der Waals surface area contributed by atoms with Gasteiger partial charge in [-0.1, -0.05) is 12.5 Å². The quantitative estimate of drug-likeness (QED) is 0.671. The molecule has 2 aliphatic heterocycles. The van der Waals surface area contributed by atoms with Gasteiger partial charge in [0.1, 0.15) is 5.75 Å². The van der Waals surface area contributed by atoms with Crippen LogP contribution >= 0.6 is 12.4 Å². The molecule has 2 aromatic rings. The van der Waals surface area contributed by atoms with E-state index in [2.05, 4.69) is 10.2 Å².